The molecule has 0 aliphatic heterocycles. The molecule has 0 bridgehead atoms. The van der Waals surface area contributed by atoms with Crippen LogP contribution in [0.5, 0.6) is 0 Å². The lowest BCUT2D eigenvalue weighted by atomic mass is 10.1. The van der Waals surface area contributed by atoms with Crippen LogP contribution in [0.4, 0.5) is 8.78 Å². The minimum Gasteiger partial charge on any atom is -0.348 e. The highest BCUT2D eigenvalue weighted by molar-refractivity contribution is 6.30. The lowest BCUT2D eigenvalue weighted by Gasteiger charge is -2.15. The van der Waals surface area contributed by atoms with Gasteiger partial charge in [-0.05, 0) is 36.8 Å². The second-order valence-electron chi connectivity index (χ2n) is 5.19. The summed E-state index contributed by atoms with van der Waals surface area (Å²) in [5, 5.41) is 5.55. The van der Waals surface area contributed by atoms with Crippen molar-refractivity contribution in [2.75, 3.05) is 6.54 Å². The Morgan fingerprint density at radius 3 is 2.42 bits per heavy atom. The van der Waals surface area contributed by atoms with E-state index in [-0.39, 0.29) is 18.2 Å². The van der Waals surface area contributed by atoms with Crippen molar-refractivity contribution in [3.05, 3.63) is 70.2 Å². The van der Waals surface area contributed by atoms with E-state index in [4.69, 9.17) is 11.6 Å². The predicted octanol–water partition coefficient (Wildman–Crippen LogP) is 3.23. The molecule has 4 nitrogen and oxygen atoms in total. The average Bonchev–Trinajstić information content (AvgIpc) is 2.51. The number of carbonyl (C=O) groups is 2. The number of carbonyl (C=O) groups excluding carboxylic acids is 2. The second-order valence-corrected chi connectivity index (χ2v) is 5.62. The minimum absolute atomic E-state index is 0.191. The van der Waals surface area contributed by atoms with Crippen LogP contribution >= 0.6 is 11.6 Å². The first-order valence-corrected chi connectivity index (χ1v) is 7.52. The highest BCUT2D eigenvalue weighted by Crippen LogP contribution is 2.17. The quantitative estimate of drug-likeness (QED) is 0.868. The molecule has 0 radical (unpaired) electrons. The van der Waals surface area contributed by atoms with Crippen LogP contribution in [0.1, 0.15) is 28.9 Å². The van der Waals surface area contributed by atoms with E-state index in [1.54, 1.807) is 25.1 Å². The highest BCUT2D eigenvalue weighted by Gasteiger charge is 2.13. The molecule has 2 aromatic rings. The Kier molecular flexibility index (Phi) is 5.87. The summed E-state index contributed by atoms with van der Waals surface area (Å²) in [6.45, 7) is 1.45. The minimum atomic E-state index is -0.862. The molecule has 2 rings (SSSR count). The molecule has 0 saturated carbocycles. The summed E-state index contributed by atoms with van der Waals surface area (Å²) < 4.78 is 26.1. The molecule has 7 heteroatoms. The zero-order valence-electron chi connectivity index (χ0n) is 12.8. The summed E-state index contributed by atoms with van der Waals surface area (Å²) in [5.74, 6) is -2.90. The molecule has 2 amide bonds. The SMILES string of the molecule is CC(NC(=O)CNC(=O)c1cc(F)cc(F)c1)c1cccc(Cl)c1. The number of hydrogen-bond acceptors (Lipinski definition) is 2. The molecule has 0 heterocycles. The van der Waals surface area contributed by atoms with Gasteiger partial charge in [-0.25, -0.2) is 8.78 Å². The van der Waals surface area contributed by atoms with E-state index in [0.717, 1.165) is 17.7 Å². The van der Waals surface area contributed by atoms with E-state index in [0.29, 0.717) is 11.1 Å². The first kappa shape index (κ1) is 17.9. The fourth-order valence-electron chi connectivity index (χ4n) is 2.10. The summed E-state index contributed by atoms with van der Waals surface area (Å²) in [7, 11) is 0. The molecular weight excluding hydrogens is 338 g/mol. The predicted molar refractivity (Wildman–Crippen MR) is 86.7 cm³/mol. The zero-order chi connectivity index (χ0) is 17.7. The Morgan fingerprint density at radius 2 is 1.79 bits per heavy atom. The van der Waals surface area contributed by atoms with Gasteiger partial charge < -0.3 is 10.6 Å². The largest absolute Gasteiger partial charge is 0.348 e. The highest BCUT2D eigenvalue weighted by atomic mass is 35.5. The third-order valence-corrected chi connectivity index (χ3v) is 3.50. The molecule has 0 aliphatic carbocycles. The molecule has 24 heavy (non-hydrogen) atoms. The van der Waals surface area contributed by atoms with Crippen LogP contribution in [0, 0.1) is 11.6 Å². The fourth-order valence-corrected chi connectivity index (χ4v) is 2.30. The van der Waals surface area contributed by atoms with Gasteiger partial charge in [0, 0.05) is 16.7 Å². The van der Waals surface area contributed by atoms with Gasteiger partial charge in [0.05, 0.1) is 12.6 Å². The van der Waals surface area contributed by atoms with Crippen molar-refractivity contribution in [3.8, 4) is 0 Å². The number of amides is 2. The fraction of sp³-hybridized carbons (Fsp3) is 0.176. The molecule has 2 N–H and O–H groups in total. The summed E-state index contributed by atoms with van der Waals surface area (Å²) in [5.41, 5.74) is 0.623. The molecule has 0 spiro atoms. The van der Waals surface area contributed by atoms with Gasteiger partial charge in [-0.2, -0.15) is 0 Å². The zero-order valence-corrected chi connectivity index (χ0v) is 13.5. The van der Waals surface area contributed by atoms with Crippen LogP contribution in [-0.2, 0) is 4.79 Å². The van der Waals surface area contributed by atoms with E-state index in [9.17, 15) is 18.4 Å². The van der Waals surface area contributed by atoms with E-state index in [1.807, 2.05) is 6.07 Å². The van der Waals surface area contributed by atoms with Gasteiger partial charge in [-0.3, -0.25) is 9.59 Å². The molecule has 1 unspecified atom stereocenters. The van der Waals surface area contributed by atoms with Crippen LogP contribution in [0.25, 0.3) is 0 Å². The summed E-state index contributed by atoms with van der Waals surface area (Å²) in [4.78, 5) is 23.7. The Bertz CT molecular complexity index is 748. The standard InChI is InChI=1S/C17H15ClF2N2O2/c1-10(11-3-2-4-13(18)5-11)22-16(23)9-21-17(24)12-6-14(19)8-15(20)7-12/h2-8,10H,9H2,1H3,(H,21,24)(H,22,23). The Balaban J connectivity index is 1.89. The van der Waals surface area contributed by atoms with Gasteiger partial charge in [0.2, 0.25) is 5.91 Å². The van der Waals surface area contributed by atoms with Gasteiger partial charge in [0.25, 0.3) is 5.91 Å². The normalized spacial score (nSPS) is 11.7. The third-order valence-electron chi connectivity index (χ3n) is 3.26. The molecular formula is C17H15ClF2N2O2. The number of hydrogen-bond donors (Lipinski definition) is 2. The monoisotopic (exact) mass is 352 g/mol. The molecule has 126 valence electrons. The lowest BCUT2D eigenvalue weighted by Crippen LogP contribution is -2.38. The molecule has 0 aliphatic rings. The Hall–Kier alpha value is -2.47. The average molecular weight is 353 g/mol. The summed E-state index contributed by atoms with van der Waals surface area (Å²) in [6, 6.07) is 9.16. The van der Waals surface area contributed by atoms with Crippen LogP contribution in [0.15, 0.2) is 42.5 Å². The van der Waals surface area contributed by atoms with Crippen LogP contribution in [0.3, 0.4) is 0 Å². The molecule has 0 saturated heterocycles. The van der Waals surface area contributed by atoms with Gasteiger partial charge in [0.1, 0.15) is 11.6 Å². The maximum atomic E-state index is 13.1. The third kappa shape index (κ3) is 5.03. The maximum absolute atomic E-state index is 13.1. The summed E-state index contributed by atoms with van der Waals surface area (Å²) in [6.07, 6.45) is 0. The van der Waals surface area contributed by atoms with Crippen molar-refractivity contribution in [1.82, 2.24) is 10.6 Å². The second kappa shape index (κ2) is 7.88. The van der Waals surface area contributed by atoms with Crippen LogP contribution in [0.2, 0.25) is 5.02 Å². The van der Waals surface area contributed by atoms with E-state index >= 15 is 0 Å². The summed E-state index contributed by atoms with van der Waals surface area (Å²) >= 11 is 5.89. The van der Waals surface area contributed by atoms with E-state index < -0.39 is 23.4 Å². The first-order valence-electron chi connectivity index (χ1n) is 7.14. The van der Waals surface area contributed by atoms with E-state index in [2.05, 4.69) is 10.6 Å². The molecule has 0 aromatic heterocycles. The van der Waals surface area contributed by atoms with Gasteiger partial charge in [-0.15, -0.1) is 0 Å². The van der Waals surface area contributed by atoms with Gasteiger partial charge >= 0.3 is 0 Å². The molecule has 1 atom stereocenters. The van der Waals surface area contributed by atoms with Crippen molar-refractivity contribution < 1.29 is 18.4 Å². The first-order chi connectivity index (χ1) is 11.3. The topological polar surface area (TPSA) is 58.2 Å². The Morgan fingerprint density at radius 1 is 1.12 bits per heavy atom. The van der Waals surface area contributed by atoms with E-state index in [1.165, 1.54) is 0 Å². The van der Waals surface area contributed by atoms with Crippen molar-refractivity contribution in [1.29, 1.82) is 0 Å². The van der Waals surface area contributed by atoms with Gasteiger partial charge in [0.15, 0.2) is 0 Å². The van der Waals surface area contributed by atoms with Gasteiger partial charge in [-0.1, -0.05) is 23.7 Å². The Labute approximate surface area is 142 Å². The number of nitrogens with one attached hydrogen (secondary N) is 2. The van der Waals surface area contributed by atoms with Crippen LogP contribution < -0.4 is 10.6 Å². The number of benzene rings is 2. The van der Waals surface area contributed by atoms with Crippen LogP contribution in [-0.4, -0.2) is 18.4 Å². The molecule has 2 aromatic carbocycles. The maximum Gasteiger partial charge on any atom is 0.251 e. The van der Waals surface area contributed by atoms with Crippen molar-refractivity contribution >= 4 is 23.4 Å². The van der Waals surface area contributed by atoms with Crippen molar-refractivity contribution in [3.63, 3.8) is 0 Å². The smallest absolute Gasteiger partial charge is 0.251 e. The molecule has 0 fully saturated rings. The lowest BCUT2D eigenvalue weighted by molar-refractivity contribution is -0.120. The number of halogens is 3. The number of rotatable bonds is 5. The van der Waals surface area contributed by atoms with Crippen molar-refractivity contribution in [2.24, 2.45) is 0 Å². The van der Waals surface area contributed by atoms with Crippen molar-refractivity contribution in [2.45, 2.75) is 13.0 Å².